The van der Waals surface area contributed by atoms with Gasteiger partial charge in [0.15, 0.2) is 0 Å². The number of hydrogen-bond acceptors (Lipinski definition) is 1. The highest BCUT2D eigenvalue weighted by Gasteiger charge is 2.26. The minimum absolute atomic E-state index is 0.648. The molecule has 0 spiro atoms. The Labute approximate surface area is 103 Å². The highest BCUT2D eigenvalue weighted by atomic mass is 35.5. The Hall–Kier alpha value is -0.530. The van der Waals surface area contributed by atoms with Crippen LogP contribution in [-0.4, -0.2) is 13.6 Å². The third-order valence-electron chi connectivity index (χ3n) is 3.68. The molecule has 2 rings (SSSR count). The minimum Gasteiger partial charge on any atom is -0.319 e. The van der Waals surface area contributed by atoms with Crippen molar-refractivity contribution in [1.29, 1.82) is 0 Å². The number of hydrogen-bond donors (Lipinski definition) is 1. The van der Waals surface area contributed by atoms with Gasteiger partial charge in [-0.25, -0.2) is 0 Å². The number of benzene rings is 1. The molecule has 1 aromatic rings. The van der Waals surface area contributed by atoms with Crippen molar-refractivity contribution >= 4 is 11.6 Å². The van der Waals surface area contributed by atoms with Gasteiger partial charge < -0.3 is 5.32 Å². The van der Waals surface area contributed by atoms with Crippen molar-refractivity contribution in [2.24, 2.45) is 5.92 Å². The Morgan fingerprint density at radius 2 is 2.00 bits per heavy atom. The molecule has 1 aromatic carbocycles. The molecule has 2 unspecified atom stereocenters. The maximum Gasteiger partial charge on any atom is 0.0440 e. The fourth-order valence-electron chi connectivity index (χ4n) is 2.90. The lowest BCUT2D eigenvalue weighted by Gasteiger charge is -2.32. The maximum atomic E-state index is 6.30. The van der Waals surface area contributed by atoms with Crippen LogP contribution in [0.25, 0.3) is 0 Å². The van der Waals surface area contributed by atoms with Crippen molar-refractivity contribution < 1.29 is 0 Å². The largest absolute Gasteiger partial charge is 0.319 e. The Morgan fingerprint density at radius 1 is 1.25 bits per heavy atom. The zero-order chi connectivity index (χ0) is 11.4. The van der Waals surface area contributed by atoms with Crippen molar-refractivity contribution in [3.8, 4) is 0 Å². The quantitative estimate of drug-likeness (QED) is 0.843. The highest BCUT2D eigenvalue weighted by Crippen LogP contribution is 2.39. The molecule has 2 atom stereocenters. The van der Waals surface area contributed by atoms with E-state index < -0.39 is 0 Å². The first-order valence-corrected chi connectivity index (χ1v) is 6.59. The molecular weight excluding hydrogens is 218 g/mol. The van der Waals surface area contributed by atoms with Gasteiger partial charge in [-0.3, -0.25) is 0 Å². The molecule has 1 aliphatic carbocycles. The maximum absolute atomic E-state index is 6.30. The molecule has 2 heteroatoms. The molecule has 0 amide bonds. The fourth-order valence-corrected chi connectivity index (χ4v) is 3.18. The van der Waals surface area contributed by atoms with E-state index in [9.17, 15) is 0 Å². The van der Waals surface area contributed by atoms with Gasteiger partial charge in [0.2, 0.25) is 0 Å². The molecule has 0 bridgehead atoms. The topological polar surface area (TPSA) is 12.0 Å². The van der Waals surface area contributed by atoms with Crippen LogP contribution in [0, 0.1) is 5.92 Å². The van der Waals surface area contributed by atoms with Gasteiger partial charge in [-0.05, 0) is 49.9 Å². The average molecular weight is 238 g/mol. The molecule has 1 fully saturated rings. The summed E-state index contributed by atoms with van der Waals surface area (Å²) in [4.78, 5) is 0. The van der Waals surface area contributed by atoms with Crippen LogP contribution in [-0.2, 0) is 0 Å². The normalized spacial score (nSPS) is 25.6. The van der Waals surface area contributed by atoms with Crippen LogP contribution in [0.3, 0.4) is 0 Å². The van der Waals surface area contributed by atoms with Gasteiger partial charge >= 0.3 is 0 Å². The summed E-state index contributed by atoms with van der Waals surface area (Å²) in [5.74, 6) is 1.40. The molecular formula is C14H20ClN. The lowest BCUT2D eigenvalue weighted by atomic mass is 9.75. The summed E-state index contributed by atoms with van der Waals surface area (Å²) >= 11 is 6.30. The van der Waals surface area contributed by atoms with E-state index in [4.69, 9.17) is 11.6 Å². The summed E-state index contributed by atoms with van der Waals surface area (Å²) < 4.78 is 0. The van der Waals surface area contributed by atoms with Crippen LogP contribution in [0.5, 0.6) is 0 Å². The molecule has 0 aromatic heterocycles. The van der Waals surface area contributed by atoms with Gasteiger partial charge in [-0.1, -0.05) is 42.6 Å². The van der Waals surface area contributed by atoms with Crippen molar-refractivity contribution in [2.45, 2.75) is 31.6 Å². The van der Waals surface area contributed by atoms with Gasteiger partial charge in [0, 0.05) is 5.02 Å². The second kappa shape index (κ2) is 5.70. The van der Waals surface area contributed by atoms with Crippen molar-refractivity contribution in [3.05, 3.63) is 34.9 Å². The molecule has 1 aliphatic rings. The second-order valence-corrected chi connectivity index (χ2v) is 5.14. The Balaban J connectivity index is 2.19. The molecule has 1 nitrogen and oxygen atoms in total. The SMILES string of the molecule is CNCC1CCCCC1c1ccccc1Cl. The van der Waals surface area contributed by atoms with Gasteiger partial charge in [0.05, 0.1) is 0 Å². The average Bonchev–Trinajstić information content (AvgIpc) is 2.31. The van der Waals surface area contributed by atoms with Crippen LogP contribution in [0.15, 0.2) is 24.3 Å². The Bertz CT molecular complexity index is 335. The van der Waals surface area contributed by atoms with Crippen LogP contribution >= 0.6 is 11.6 Å². The van der Waals surface area contributed by atoms with Crippen LogP contribution in [0.2, 0.25) is 5.02 Å². The van der Waals surface area contributed by atoms with Gasteiger partial charge in [0.25, 0.3) is 0 Å². The molecule has 0 radical (unpaired) electrons. The summed E-state index contributed by atoms with van der Waals surface area (Å²) in [6.45, 7) is 1.11. The van der Waals surface area contributed by atoms with E-state index >= 15 is 0 Å². The van der Waals surface area contributed by atoms with Crippen LogP contribution in [0.4, 0.5) is 0 Å². The van der Waals surface area contributed by atoms with E-state index in [2.05, 4.69) is 17.4 Å². The predicted octanol–water partition coefficient (Wildman–Crippen LogP) is 3.83. The lowest BCUT2D eigenvalue weighted by Crippen LogP contribution is -2.27. The first-order valence-electron chi connectivity index (χ1n) is 6.22. The Kier molecular flexibility index (Phi) is 4.25. The van der Waals surface area contributed by atoms with E-state index in [0.29, 0.717) is 5.92 Å². The van der Waals surface area contributed by atoms with Gasteiger partial charge in [0.1, 0.15) is 0 Å². The summed E-state index contributed by atoms with van der Waals surface area (Å²) in [6, 6.07) is 8.33. The smallest absolute Gasteiger partial charge is 0.0440 e. The summed E-state index contributed by atoms with van der Waals surface area (Å²) in [5.41, 5.74) is 1.35. The van der Waals surface area contributed by atoms with Crippen LogP contribution in [0.1, 0.15) is 37.2 Å². The Morgan fingerprint density at radius 3 is 2.75 bits per heavy atom. The summed E-state index contributed by atoms with van der Waals surface area (Å²) in [7, 11) is 2.04. The van der Waals surface area contributed by atoms with Crippen molar-refractivity contribution in [1.82, 2.24) is 5.32 Å². The van der Waals surface area contributed by atoms with E-state index in [1.807, 2.05) is 19.2 Å². The molecule has 0 aliphatic heterocycles. The van der Waals surface area contributed by atoms with E-state index in [0.717, 1.165) is 17.5 Å². The number of nitrogens with one attached hydrogen (secondary N) is 1. The molecule has 0 heterocycles. The molecule has 1 N–H and O–H groups in total. The highest BCUT2D eigenvalue weighted by molar-refractivity contribution is 6.31. The zero-order valence-electron chi connectivity index (χ0n) is 9.88. The van der Waals surface area contributed by atoms with Crippen LogP contribution < -0.4 is 5.32 Å². The zero-order valence-corrected chi connectivity index (χ0v) is 10.6. The van der Waals surface area contributed by atoms with E-state index in [1.165, 1.54) is 31.2 Å². The third kappa shape index (κ3) is 2.58. The standard InChI is InChI=1S/C14H20ClN/c1-16-10-11-6-2-3-7-12(11)13-8-4-5-9-14(13)15/h4-5,8-9,11-12,16H,2-3,6-7,10H2,1H3. The lowest BCUT2D eigenvalue weighted by molar-refractivity contribution is 0.301. The summed E-state index contributed by atoms with van der Waals surface area (Å²) in [6.07, 6.45) is 5.33. The van der Waals surface area contributed by atoms with Gasteiger partial charge in [-0.2, -0.15) is 0 Å². The van der Waals surface area contributed by atoms with Crippen molar-refractivity contribution in [3.63, 3.8) is 0 Å². The van der Waals surface area contributed by atoms with Gasteiger partial charge in [-0.15, -0.1) is 0 Å². The summed E-state index contributed by atoms with van der Waals surface area (Å²) in [5, 5.41) is 4.25. The van der Waals surface area contributed by atoms with E-state index in [-0.39, 0.29) is 0 Å². The monoisotopic (exact) mass is 237 g/mol. The molecule has 16 heavy (non-hydrogen) atoms. The third-order valence-corrected chi connectivity index (χ3v) is 4.02. The van der Waals surface area contributed by atoms with E-state index in [1.54, 1.807) is 0 Å². The second-order valence-electron chi connectivity index (χ2n) is 4.73. The number of rotatable bonds is 3. The molecule has 0 saturated heterocycles. The first-order chi connectivity index (χ1) is 7.83. The molecule has 1 saturated carbocycles. The van der Waals surface area contributed by atoms with Crippen molar-refractivity contribution in [2.75, 3.05) is 13.6 Å². The predicted molar refractivity (Wildman–Crippen MR) is 70.1 cm³/mol. The number of halogens is 1. The minimum atomic E-state index is 0.648. The molecule has 88 valence electrons. The first kappa shape index (κ1) is 11.9. The fraction of sp³-hybridized carbons (Fsp3) is 0.571.